The van der Waals surface area contributed by atoms with Crippen molar-refractivity contribution in [3.05, 3.63) is 28.8 Å². The summed E-state index contributed by atoms with van der Waals surface area (Å²) in [7, 11) is 0. The van der Waals surface area contributed by atoms with Crippen LogP contribution in [0.25, 0.3) is 0 Å². The van der Waals surface area contributed by atoms with Crippen LogP contribution in [0.3, 0.4) is 0 Å². The fraction of sp³-hybridized carbons (Fsp3) is 0.611. The van der Waals surface area contributed by atoms with Gasteiger partial charge in [-0.05, 0) is 38.5 Å². The number of halogens is 1. The largest absolute Gasteiger partial charge is 0.375 e. The van der Waals surface area contributed by atoms with Crippen LogP contribution in [0.15, 0.2) is 18.2 Å². The molecular formula is C18H25ClN2O3. The Hall–Kier alpha value is -1.14. The van der Waals surface area contributed by atoms with E-state index < -0.39 is 0 Å². The molecule has 3 unspecified atom stereocenters. The molecule has 2 fully saturated rings. The average molecular weight is 353 g/mol. The molecule has 2 aliphatic heterocycles. The van der Waals surface area contributed by atoms with Crippen molar-refractivity contribution in [2.45, 2.75) is 44.9 Å². The summed E-state index contributed by atoms with van der Waals surface area (Å²) in [5, 5.41) is 3.62. The van der Waals surface area contributed by atoms with E-state index in [1.165, 1.54) is 0 Å². The van der Waals surface area contributed by atoms with Gasteiger partial charge in [-0.15, -0.1) is 0 Å². The quantitative estimate of drug-likeness (QED) is 0.908. The number of carbonyl (C=O) groups excluding carboxylic acids is 1. The molecule has 1 amide bonds. The van der Waals surface area contributed by atoms with Crippen molar-refractivity contribution in [1.29, 1.82) is 0 Å². The van der Waals surface area contributed by atoms with Gasteiger partial charge in [-0.3, -0.25) is 9.69 Å². The Morgan fingerprint density at radius 1 is 1.46 bits per heavy atom. The monoisotopic (exact) mass is 352 g/mol. The average Bonchev–Trinajstić information content (AvgIpc) is 2.90. The Bertz CT molecular complexity index is 624. The molecule has 1 aromatic carbocycles. The third kappa shape index (κ3) is 3.45. The zero-order valence-electron chi connectivity index (χ0n) is 14.5. The summed E-state index contributed by atoms with van der Waals surface area (Å²) < 4.78 is 11.7. The molecule has 0 saturated carbocycles. The SMILES string of the molecule is Cc1ccc(Cl)cc1NC(=O)C(C)N1CCOC2(CCOC2C)C1. The first kappa shape index (κ1) is 17.7. The van der Waals surface area contributed by atoms with Gasteiger partial charge in [0, 0.05) is 36.8 Å². The number of morpholine rings is 1. The van der Waals surface area contributed by atoms with Gasteiger partial charge in [0.25, 0.3) is 0 Å². The second-order valence-electron chi connectivity index (χ2n) is 6.77. The molecule has 132 valence electrons. The maximum Gasteiger partial charge on any atom is 0.241 e. The number of amides is 1. The van der Waals surface area contributed by atoms with E-state index in [1.807, 2.05) is 26.0 Å². The molecule has 0 aromatic heterocycles. The van der Waals surface area contributed by atoms with Crippen LogP contribution in [0.2, 0.25) is 5.02 Å². The summed E-state index contributed by atoms with van der Waals surface area (Å²) in [5.41, 5.74) is 1.48. The predicted octanol–water partition coefficient (Wildman–Crippen LogP) is 2.86. The van der Waals surface area contributed by atoms with Crippen molar-refractivity contribution in [2.75, 3.05) is 31.6 Å². The number of hydrogen-bond acceptors (Lipinski definition) is 4. The van der Waals surface area contributed by atoms with Crippen molar-refractivity contribution >= 4 is 23.2 Å². The number of carbonyl (C=O) groups is 1. The van der Waals surface area contributed by atoms with Crippen LogP contribution in [0.1, 0.15) is 25.8 Å². The minimum Gasteiger partial charge on any atom is -0.375 e. The first-order chi connectivity index (χ1) is 11.4. The number of benzene rings is 1. The predicted molar refractivity (Wildman–Crippen MR) is 94.6 cm³/mol. The molecule has 5 nitrogen and oxygen atoms in total. The molecule has 1 aromatic rings. The van der Waals surface area contributed by atoms with Crippen molar-refractivity contribution in [2.24, 2.45) is 0 Å². The highest BCUT2D eigenvalue weighted by molar-refractivity contribution is 6.31. The van der Waals surface area contributed by atoms with Crippen LogP contribution in [0.4, 0.5) is 5.69 Å². The Morgan fingerprint density at radius 2 is 2.25 bits per heavy atom. The molecule has 24 heavy (non-hydrogen) atoms. The van der Waals surface area contributed by atoms with Crippen LogP contribution in [-0.4, -0.2) is 54.9 Å². The Kier molecular flexibility index (Phi) is 5.16. The smallest absolute Gasteiger partial charge is 0.241 e. The van der Waals surface area contributed by atoms with E-state index in [9.17, 15) is 4.79 Å². The lowest BCUT2D eigenvalue weighted by atomic mass is 9.93. The number of hydrogen-bond donors (Lipinski definition) is 1. The second kappa shape index (κ2) is 7.00. The van der Waals surface area contributed by atoms with E-state index in [0.717, 1.165) is 37.4 Å². The zero-order valence-corrected chi connectivity index (χ0v) is 15.2. The number of anilines is 1. The fourth-order valence-electron chi connectivity index (χ4n) is 3.46. The normalized spacial score (nSPS) is 28.9. The van der Waals surface area contributed by atoms with Crippen LogP contribution in [0, 0.1) is 6.92 Å². The van der Waals surface area contributed by atoms with Crippen molar-refractivity contribution in [3.8, 4) is 0 Å². The highest BCUT2D eigenvalue weighted by Crippen LogP contribution is 2.33. The maximum absolute atomic E-state index is 12.7. The van der Waals surface area contributed by atoms with E-state index in [-0.39, 0.29) is 23.7 Å². The van der Waals surface area contributed by atoms with Crippen molar-refractivity contribution in [1.82, 2.24) is 4.90 Å². The van der Waals surface area contributed by atoms with Crippen molar-refractivity contribution in [3.63, 3.8) is 0 Å². The lowest BCUT2D eigenvalue weighted by Gasteiger charge is -2.43. The van der Waals surface area contributed by atoms with Gasteiger partial charge in [0.1, 0.15) is 5.60 Å². The molecular weight excluding hydrogens is 328 g/mol. The van der Waals surface area contributed by atoms with Gasteiger partial charge < -0.3 is 14.8 Å². The lowest BCUT2D eigenvalue weighted by molar-refractivity contribution is -0.148. The Balaban J connectivity index is 1.68. The zero-order chi connectivity index (χ0) is 17.3. The number of rotatable bonds is 3. The van der Waals surface area contributed by atoms with E-state index in [0.29, 0.717) is 11.6 Å². The highest BCUT2D eigenvalue weighted by Gasteiger charge is 2.47. The fourth-order valence-corrected chi connectivity index (χ4v) is 3.63. The summed E-state index contributed by atoms with van der Waals surface area (Å²) in [5.74, 6) is -0.0241. The third-order valence-corrected chi connectivity index (χ3v) is 5.49. The van der Waals surface area contributed by atoms with E-state index in [4.69, 9.17) is 21.1 Å². The van der Waals surface area contributed by atoms with Gasteiger partial charge in [-0.25, -0.2) is 0 Å². The first-order valence-electron chi connectivity index (χ1n) is 8.48. The number of aryl methyl sites for hydroxylation is 1. The summed E-state index contributed by atoms with van der Waals surface area (Å²) in [6, 6.07) is 5.28. The number of nitrogens with one attached hydrogen (secondary N) is 1. The molecule has 0 aliphatic carbocycles. The summed E-state index contributed by atoms with van der Waals surface area (Å²) in [6.45, 7) is 8.76. The van der Waals surface area contributed by atoms with E-state index >= 15 is 0 Å². The standard InChI is InChI=1S/C18H25ClN2O3/c1-12-4-5-15(19)10-16(12)20-17(22)13(2)21-7-9-24-18(11-21)6-8-23-14(18)3/h4-5,10,13-14H,6-9,11H2,1-3H3,(H,20,22). The molecule has 2 aliphatic rings. The van der Waals surface area contributed by atoms with Gasteiger partial charge in [-0.2, -0.15) is 0 Å². The minimum absolute atomic E-state index is 0.0241. The third-order valence-electron chi connectivity index (χ3n) is 5.26. The maximum atomic E-state index is 12.7. The summed E-state index contributed by atoms with van der Waals surface area (Å²) in [6.07, 6.45) is 0.942. The van der Waals surface area contributed by atoms with Crippen LogP contribution in [0.5, 0.6) is 0 Å². The first-order valence-corrected chi connectivity index (χ1v) is 8.86. The van der Waals surface area contributed by atoms with Gasteiger partial charge in [-0.1, -0.05) is 17.7 Å². The molecule has 6 heteroatoms. The summed E-state index contributed by atoms with van der Waals surface area (Å²) in [4.78, 5) is 14.9. The van der Waals surface area contributed by atoms with Gasteiger partial charge >= 0.3 is 0 Å². The highest BCUT2D eigenvalue weighted by atomic mass is 35.5. The topological polar surface area (TPSA) is 50.8 Å². The van der Waals surface area contributed by atoms with Gasteiger partial charge in [0.2, 0.25) is 5.91 Å². The lowest BCUT2D eigenvalue weighted by Crippen LogP contribution is -2.59. The molecule has 3 rings (SSSR count). The molecule has 2 heterocycles. The van der Waals surface area contributed by atoms with Gasteiger partial charge in [0.15, 0.2) is 0 Å². The van der Waals surface area contributed by atoms with E-state index in [1.54, 1.807) is 6.07 Å². The molecule has 1 spiro atoms. The van der Waals surface area contributed by atoms with Gasteiger partial charge in [0.05, 0.1) is 18.8 Å². The Labute approximate surface area is 148 Å². The molecule has 1 N–H and O–H groups in total. The van der Waals surface area contributed by atoms with Crippen LogP contribution < -0.4 is 5.32 Å². The van der Waals surface area contributed by atoms with Crippen LogP contribution >= 0.6 is 11.6 Å². The molecule has 0 radical (unpaired) electrons. The second-order valence-corrected chi connectivity index (χ2v) is 7.21. The Morgan fingerprint density at radius 3 is 2.96 bits per heavy atom. The van der Waals surface area contributed by atoms with Crippen LogP contribution in [-0.2, 0) is 14.3 Å². The minimum atomic E-state index is -0.279. The molecule has 2 saturated heterocycles. The van der Waals surface area contributed by atoms with E-state index in [2.05, 4.69) is 17.1 Å². The molecule has 0 bridgehead atoms. The summed E-state index contributed by atoms with van der Waals surface area (Å²) >= 11 is 6.03. The van der Waals surface area contributed by atoms with Crippen molar-refractivity contribution < 1.29 is 14.3 Å². The molecule has 3 atom stereocenters. The number of nitrogens with zero attached hydrogens (tertiary/aromatic N) is 1. The number of ether oxygens (including phenoxy) is 2.